The molecule has 2 aromatic rings. The average molecular weight is 356 g/mol. The van der Waals surface area contributed by atoms with Crippen LogP contribution in [0, 0.1) is 0 Å². The third-order valence-electron chi connectivity index (χ3n) is 4.44. The molecule has 0 aliphatic carbocycles. The highest BCUT2D eigenvalue weighted by atomic mass is 16.5. The molecule has 1 unspecified atom stereocenters. The zero-order chi connectivity index (χ0) is 18.5. The van der Waals surface area contributed by atoms with Crippen molar-refractivity contribution < 1.29 is 19.0 Å². The summed E-state index contributed by atoms with van der Waals surface area (Å²) in [6.45, 7) is 4.48. The maximum Gasteiger partial charge on any atom is 0.255 e. The standard InChI is InChI=1S/C20H24N2O4/c1-14-13-26-9-8-22(14)17-6-4-16(5-7-17)21-20(23)15-10-18(24-2)12-19(11-15)25-3/h4-7,10-12,14H,8-9,13H2,1-3H3,(H,21,23). The molecule has 0 bridgehead atoms. The number of rotatable bonds is 5. The van der Waals surface area contributed by atoms with Crippen molar-refractivity contribution in [3.05, 3.63) is 48.0 Å². The van der Waals surface area contributed by atoms with Gasteiger partial charge < -0.3 is 24.4 Å². The lowest BCUT2D eigenvalue weighted by Gasteiger charge is -2.35. The number of methoxy groups -OCH3 is 2. The minimum Gasteiger partial charge on any atom is -0.497 e. The van der Waals surface area contributed by atoms with Crippen LogP contribution in [0.4, 0.5) is 11.4 Å². The second-order valence-electron chi connectivity index (χ2n) is 6.22. The first kappa shape index (κ1) is 18.1. The molecule has 0 aromatic heterocycles. The van der Waals surface area contributed by atoms with Crippen molar-refractivity contribution in [2.45, 2.75) is 13.0 Å². The summed E-state index contributed by atoms with van der Waals surface area (Å²) in [5, 5.41) is 2.91. The predicted molar refractivity (Wildman–Crippen MR) is 102 cm³/mol. The monoisotopic (exact) mass is 356 g/mol. The molecule has 1 N–H and O–H groups in total. The molecule has 1 atom stereocenters. The van der Waals surface area contributed by atoms with Gasteiger partial charge in [-0.25, -0.2) is 0 Å². The Morgan fingerprint density at radius 3 is 2.35 bits per heavy atom. The number of carbonyl (C=O) groups is 1. The van der Waals surface area contributed by atoms with Gasteiger partial charge in [-0.1, -0.05) is 0 Å². The van der Waals surface area contributed by atoms with Gasteiger partial charge in [0, 0.05) is 35.6 Å². The van der Waals surface area contributed by atoms with Crippen LogP contribution < -0.4 is 19.7 Å². The van der Waals surface area contributed by atoms with E-state index in [0.29, 0.717) is 23.1 Å². The summed E-state index contributed by atoms with van der Waals surface area (Å²) in [7, 11) is 3.11. The first-order valence-electron chi connectivity index (χ1n) is 8.59. The van der Waals surface area contributed by atoms with Gasteiger partial charge in [0.25, 0.3) is 5.91 Å². The molecule has 1 amide bonds. The molecule has 1 fully saturated rings. The van der Waals surface area contributed by atoms with Crippen LogP contribution in [0.3, 0.4) is 0 Å². The third-order valence-corrected chi connectivity index (χ3v) is 4.44. The number of anilines is 2. The Morgan fingerprint density at radius 1 is 1.12 bits per heavy atom. The summed E-state index contributed by atoms with van der Waals surface area (Å²) in [6.07, 6.45) is 0. The van der Waals surface area contributed by atoms with Gasteiger partial charge in [-0.15, -0.1) is 0 Å². The smallest absolute Gasteiger partial charge is 0.255 e. The van der Waals surface area contributed by atoms with E-state index in [2.05, 4.69) is 17.1 Å². The van der Waals surface area contributed by atoms with Crippen LogP contribution >= 0.6 is 0 Å². The van der Waals surface area contributed by atoms with Crippen LogP contribution in [0.15, 0.2) is 42.5 Å². The number of nitrogens with zero attached hydrogens (tertiary/aromatic N) is 1. The first-order valence-corrected chi connectivity index (χ1v) is 8.59. The Labute approximate surface area is 153 Å². The number of carbonyl (C=O) groups excluding carboxylic acids is 1. The topological polar surface area (TPSA) is 60.0 Å². The summed E-state index contributed by atoms with van der Waals surface area (Å²) >= 11 is 0. The van der Waals surface area contributed by atoms with Crippen molar-refractivity contribution in [3.8, 4) is 11.5 Å². The maximum atomic E-state index is 12.5. The predicted octanol–water partition coefficient (Wildman–Crippen LogP) is 3.18. The minimum absolute atomic E-state index is 0.213. The van der Waals surface area contributed by atoms with Crippen molar-refractivity contribution in [2.75, 3.05) is 44.2 Å². The van der Waals surface area contributed by atoms with E-state index in [1.165, 1.54) is 0 Å². The number of nitrogens with one attached hydrogen (secondary N) is 1. The van der Waals surface area contributed by atoms with Gasteiger partial charge in [0.2, 0.25) is 0 Å². The van der Waals surface area contributed by atoms with Gasteiger partial charge in [-0.05, 0) is 43.3 Å². The van der Waals surface area contributed by atoms with E-state index in [4.69, 9.17) is 14.2 Å². The molecule has 26 heavy (non-hydrogen) atoms. The van der Waals surface area contributed by atoms with E-state index in [9.17, 15) is 4.79 Å². The second-order valence-corrected chi connectivity index (χ2v) is 6.22. The van der Waals surface area contributed by atoms with Crippen molar-refractivity contribution in [2.24, 2.45) is 0 Å². The number of amides is 1. The van der Waals surface area contributed by atoms with Crippen molar-refractivity contribution >= 4 is 17.3 Å². The molecular weight excluding hydrogens is 332 g/mol. The van der Waals surface area contributed by atoms with Gasteiger partial charge in [0.1, 0.15) is 11.5 Å². The van der Waals surface area contributed by atoms with E-state index >= 15 is 0 Å². The zero-order valence-electron chi connectivity index (χ0n) is 15.3. The highest BCUT2D eigenvalue weighted by Crippen LogP contribution is 2.25. The van der Waals surface area contributed by atoms with E-state index in [1.807, 2.05) is 24.3 Å². The Kier molecular flexibility index (Phi) is 5.63. The fourth-order valence-corrected chi connectivity index (χ4v) is 2.99. The van der Waals surface area contributed by atoms with Crippen LogP contribution in [-0.2, 0) is 4.74 Å². The van der Waals surface area contributed by atoms with Gasteiger partial charge in [-0.2, -0.15) is 0 Å². The number of benzene rings is 2. The van der Waals surface area contributed by atoms with Gasteiger partial charge in [-0.3, -0.25) is 4.79 Å². The molecule has 1 heterocycles. The Morgan fingerprint density at radius 2 is 1.77 bits per heavy atom. The molecule has 1 aliphatic heterocycles. The van der Waals surface area contributed by atoms with Gasteiger partial charge >= 0.3 is 0 Å². The molecule has 0 saturated carbocycles. The number of hydrogen-bond donors (Lipinski definition) is 1. The third kappa shape index (κ3) is 4.08. The number of morpholine rings is 1. The summed E-state index contributed by atoms with van der Waals surface area (Å²) < 4.78 is 15.9. The first-order chi connectivity index (χ1) is 12.6. The number of hydrogen-bond acceptors (Lipinski definition) is 5. The molecule has 6 nitrogen and oxygen atoms in total. The summed E-state index contributed by atoms with van der Waals surface area (Å²) in [5.74, 6) is 0.937. The lowest BCUT2D eigenvalue weighted by molar-refractivity contribution is 0.0989. The Bertz CT molecular complexity index is 739. The molecule has 3 rings (SSSR count). The SMILES string of the molecule is COc1cc(OC)cc(C(=O)Nc2ccc(N3CCOCC3C)cc2)c1. The van der Waals surface area contributed by atoms with Crippen molar-refractivity contribution in [1.29, 1.82) is 0 Å². The molecule has 2 aromatic carbocycles. The number of ether oxygens (including phenoxy) is 3. The summed E-state index contributed by atoms with van der Waals surface area (Å²) in [4.78, 5) is 14.8. The van der Waals surface area contributed by atoms with Crippen LogP contribution in [0.25, 0.3) is 0 Å². The molecule has 1 aliphatic rings. The van der Waals surface area contributed by atoms with E-state index in [1.54, 1.807) is 32.4 Å². The second kappa shape index (κ2) is 8.10. The van der Waals surface area contributed by atoms with Crippen LogP contribution in [0.2, 0.25) is 0 Å². The highest BCUT2D eigenvalue weighted by Gasteiger charge is 2.19. The average Bonchev–Trinajstić information content (AvgIpc) is 2.68. The minimum atomic E-state index is -0.213. The largest absolute Gasteiger partial charge is 0.497 e. The lowest BCUT2D eigenvalue weighted by atomic mass is 10.1. The molecule has 6 heteroatoms. The highest BCUT2D eigenvalue weighted by molar-refractivity contribution is 6.04. The molecule has 0 radical (unpaired) electrons. The molecular formula is C20H24N2O4. The van der Waals surface area contributed by atoms with Gasteiger partial charge in [0.05, 0.1) is 27.4 Å². The molecule has 1 saturated heterocycles. The van der Waals surface area contributed by atoms with Crippen LogP contribution in [-0.4, -0.2) is 45.9 Å². The van der Waals surface area contributed by atoms with Crippen LogP contribution in [0.5, 0.6) is 11.5 Å². The van der Waals surface area contributed by atoms with Crippen molar-refractivity contribution in [1.82, 2.24) is 0 Å². The summed E-state index contributed by atoms with van der Waals surface area (Å²) in [5.41, 5.74) is 2.34. The lowest BCUT2D eigenvalue weighted by Crippen LogP contribution is -2.43. The maximum absolute atomic E-state index is 12.5. The fourth-order valence-electron chi connectivity index (χ4n) is 2.99. The zero-order valence-corrected chi connectivity index (χ0v) is 15.3. The van der Waals surface area contributed by atoms with Crippen LogP contribution in [0.1, 0.15) is 17.3 Å². The van der Waals surface area contributed by atoms with Crippen molar-refractivity contribution in [3.63, 3.8) is 0 Å². The quantitative estimate of drug-likeness (QED) is 0.892. The van der Waals surface area contributed by atoms with Gasteiger partial charge in [0.15, 0.2) is 0 Å². The van der Waals surface area contributed by atoms with E-state index in [0.717, 1.165) is 31.1 Å². The van der Waals surface area contributed by atoms with E-state index in [-0.39, 0.29) is 5.91 Å². The fraction of sp³-hybridized carbons (Fsp3) is 0.350. The normalized spacial score (nSPS) is 16.9. The molecule has 0 spiro atoms. The van der Waals surface area contributed by atoms with E-state index < -0.39 is 0 Å². The Hall–Kier alpha value is -2.73. The Balaban J connectivity index is 1.72. The molecule has 138 valence electrons. The summed E-state index contributed by atoms with van der Waals surface area (Å²) in [6, 6.07) is 13.3.